The minimum absolute atomic E-state index is 0.233. The van der Waals surface area contributed by atoms with Crippen molar-refractivity contribution in [2.45, 2.75) is 36.0 Å². The molecule has 0 spiro atoms. The molecule has 2 bridgehead atoms. The van der Waals surface area contributed by atoms with Crippen LogP contribution in [0.3, 0.4) is 0 Å². The van der Waals surface area contributed by atoms with E-state index < -0.39 is 0 Å². The number of likely N-dealkylation sites (tertiary alicyclic amines) is 1. The standard InChI is InChI=1S/C15H16FNOS/c16-11-3-1-10(2-4-11)15(5-6-15)14(18)17-8-13-7-12(17)9-19-13/h1-4,12-13H,5-9H2. The maximum absolute atomic E-state index is 13.0. The number of rotatable bonds is 2. The summed E-state index contributed by atoms with van der Waals surface area (Å²) >= 11 is 2.00. The number of benzene rings is 1. The fourth-order valence-corrected chi connectivity index (χ4v) is 4.88. The van der Waals surface area contributed by atoms with Gasteiger partial charge in [0.25, 0.3) is 0 Å². The average Bonchev–Trinajstić information content (AvgIpc) is 2.96. The van der Waals surface area contributed by atoms with Gasteiger partial charge in [0, 0.05) is 23.6 Å². The molecule has 2 nitrogen and oxygen atoms in total. The van der Waals surface area contributed by atoms with Gasteiger partial charge in [-0.1, -0.05) is 12.1 Å². The van der Waals surface area contributed by atoms with E-state index in [9.17, 15) is 9.18 Å². The van der Waals surface area contributed by atoms with Gasteiger partial charge < -0.3 is 4.90 Å². The second kappa shape index (κ2) is 3.98. The van der Waals surface area contributed by atoms with Crippen LogP contribution < -0.4 is 0 Å². The molecule has 2 atom stereocenters. The number of hydrogen-bond donors (Lipinski definition) is 0. The molecular formula is C15H16FNOS. The second-order valence-corrected chi connectivity index (χ2v) is 7.22. The highest BCUT2D eigenvalue weighted by atomic mass is 32.2. The molecule has 2 heterocycles. The lowest BCUT2D eigenvalue weighted by atomic mass is 9.94. The van der Waals surface area contributed by atoms with E-state index >= 15 is 0 Å². The molecule has 1 saturated carbocycles. The minimum atomic E-state index is -0.331. The number of nitrogens with zero attached hydrogens (tertiary/aromatic N) is 1. The van der Waals surface area contributed by atoms with E-state index in [0.717, 1.165) is 37.1 Å². The fraction of sp³-hybridized carbons (Fsp3) is 0.533. The largest absolute Gasteiger partial charge is 0.337 e. The van der Waals surface area contributed by atoms with Crippen LogP contribution in [-0.4, -0.2) is 34.4 Å². The monoisotopic (exact) mass is 277 g/mol. The number of amides is 1. The van der Waals surface area contributed by atoms with Crippen molar-refractivity contribution in [1.29, 1.82) is 0 Å². The van der Waals surface area contributed by atoms with E-state index in [1.807, 2.05) is 11.8 Å². The van der Waals surface area contributed by atoms with Crippen LogP contribution in [0.25, 0.3) is 0 Å². The summed E-state index contributed by atoms with van der Waals surface area (Å²) in [6.45, 7) is 0.914. The van der Waals surface area contributed by atoms with Crippen LogP contribution in [0, 0.1) is 5.82 Å². The molecule has 19 heavy (non-hydrogen) atoms. The van der Waals surface area contributed by atoms with Crippen LogP contribution in [0.5, 0.6) is 0 Å². The Morgan fingerprint density at radius 3 is 2.58 bits per heavy atom. The molecule has 0 aromatic heterocycles. The van der Waals surface area contributed by atoms with Crippen LogP contribution in [0.1, 0.15) is 24.8 Å². The van der Waals surface area contributed by atoms with Gasteiger partial charge in [-0.15, -0.1) is 0 Å². The first-order valence-electron chi connectivity index (χ1n) is 6.88. The van der Waals surface area contributed by atoms with Gasteiger partial charge in [0.15, 0.2) is 0 Å². The summed E-state index contributed by atoms with van der Waals surface area (Å²) in [5.41, 5.74) is 0.664. The number of fused-ring (bicyclic) bond motifs is 2. The zero-order valence-corrected chi connectivity index (χ0v) is 11.5. The third kappa shape index (κ3) is 1.72. The molecule has 0 radical (unpaired) electrons. The number of carbonyl (C=O) groups is 1. The van der Waals surface area contributed by atoms with Crippen molar-refractivity contribution in [2.24, 2.45) is 0 Å². The number of thioether (sulfide) groups is 1. The molecule has 2 saturated heterocycles. The van der Waals surface area contributed by atoms with E-state index in [2.05, 4.69) is 4.90 Å². The summed E-state index contributed by atoms with van der Waals surface area (Å²) in [7, 11) is 0. The van der Waals surface area contributed by atoms with Gasteiger partial charge in [-0.2, -0.15) is 11.8 Å². The molecule has 1 aliphatic carbocycles. The maximum Gasteiger partial charge on any atom is 0.233 e. The van der Waals surface area contributed by atoms with Gasteiger partial charge >= 0.3 is 0 Å². The Balaban J connectivity index is 1.61. The predicted molar refractivity (Wildman–Crippen MR) is 73.7 cm³/mol. The van der Waals surface area contributed by atoms with Crippen LogP contribution in [0.4, 0.5) is 4.39 Å². The lowest BCUT2D eigenvalue weighted by Crippen LogP contribution is -2.44. The first-order chi connectivity index (χ1) is 9.19. The molecule has 3 aliphatic rings. The van der Waals surface area contributed by atoms with Crippen molar-refractivity contribution in [1.82, 2.24) is 4.90 Å². The molecule has 1 amide bonds. The third-order valence-corrected chi connectivity index (χ3v) is 6.11. The van der Waals surface area contributed by atoms with Gasteiger partial charge in [0.1, 0.15) is 5.82 Å². The van der Waals surface area contributed by atoms with Crippen LogP contribution >= 0.6 is 11.8 Å². The third-order valence-electron chi connectivity index (χ3n) is 4.72. The smallest absolute Gasteiger partial charge is 0.233 e. The maximum atomic E-state index is 13.0. The Bertz CT molecular complexity index is 525. The topological polar surface area (TPSA) is 20.3 Å². The molecule has 2 aliphatic heterocycles. The molecule has 1 aromatic carbocycles. The summed E-state index contributed by atoms with van der Waals surface area (Å²) in [6.07, 6.45) is 2.99. The normalized spacial score (nSPS) is 30.7. The van der Waals surface area contributed by atoms with Crippen molar-refractivity contribution >= 4 is 17.7 Å². The molecule has 4 heteroatoms. The highest BCUT2D eigenvalue weighted by molar-refractivity contribution is 8.00. The Hall–Kier alpha value is -1.03. The van der Waals surface area contributed by atoms with Crippen molar-refractivity contribution in [2.75, 3.05) is 12.3 Å². The first-order valence-corrected chi connectivity index (χ1v) is 7.93. The van der Waals surface area contributed by atoms with E-state index in [0.29, 0.717) is 11.3 Å². The zero-order valence-electron chi connectivity index (χ0n) is 10.6. The Labute approximate surface area is 116 Å². The predicted octanol–water partition coefficient (Wildman–Crippen LogP) is 2.57. The summed E-state index contributed by atoms with van der Waals surface area (Å²) in [5, 5.41) is 0.651. The van der Waals surface area contributed by atoms with Crippen molar-refractivity contribution in [3.8, 4) is 0 Å². The zero-order chi connectivity index (χ0) is 13.0. The quantitative estimate of drug-likeness (QED) is 0.828. The molecule has 0 N–H and O–H groups in total. The average molecular weight is 277 g/mol. The fourth-order valence-electron chi connectivity index (χ4n) is 3.44. The van der Waals surface area contributed by atoms with E-state index in [1.165, 1.54) is 12.1 Å². The molecule has 1 aromatic rings. The molecule has 2 unspecified atom stereocenters. The van der Waals surface area contributed by atoms with E-state index in [1.54, 1.807) is 12.1 Å². The molecule has 100 valence electrons. The van der Waals surface area contributed by atoms with Crippen molar-refractivity contribution in [3.05, 3.63) is 35.6 Å². The van der Waals surface area contributed by atoms with Crippen LogP contribution in [0.15, 0.2) is 24.3 Å². The minimum Gasteiger partial charge on any atom is -0.337 e. The summed E-state index contributed by atoms with van der Waals surface area (Å²) in [5.74, 6) is 1.14. The van der Waals surface area contributed by atoms with Crippen LogP contribution in [0.2, 0.25) is 0 Å². The number of halogens is 1. The van der Waals surface area contributed by atoms with Gasteiger partial charge in [0.2, 0.25) is 5.91 Å². The van der Waals surface area contributed by atoms with E-state index in [-0.39, 0.29) is 17.1 Å². The van der Waals surface area contributed by atoms with Crippen LogP contribution in [-0.2, 0) is 10.2 Å². The van der Waals surface area contributed by atoms with Gasteiger partial charge in [-0.3, -0.25) is 4.79 Å². The molecule has 3 fully saturated rings. The highest BCUT2D eigenvalue weighted by Gasteiger charge is 2.56. The summed E-state index contributed by atoms with van der Waals surface area (Å²) in [4.78, 5) is 14.9. The van der Waals surface area contributed by atoms with Crippen molar-refractivity contribution in [3.63, 3.8) is 0 Å². The van der Waals surface area contributed by atoms with Gasteiger partial charge in [-0.25, -0.2) is 4.39 Å². The SMILES string of the molecule is O=C(N1CC2CC1CS2)C1(c2ccc(F)cc2)CC1. The summed E-state index contributed by atoms with van der Waals surface area (Å²) < 4.78 is 13.0. The van der Waals surface area contributed by atoms with Gasteiger partial charge in [0.05, 0.1) is 5.41 Å². The van der Waals surface area contributed by atoms with Crippen molar-refractivity contribution < 1.29 is 9.18 Å². The molecule has 4 rings (SSSR count). The lowest BCUT2D eigenvalue weighted by molar-refractivity contribution is -0.134. The Morgan fingerprint density at radius 1 is 1.32 bits per heavy atom. The second-order valence-electron chi connectivity index (χ2n) is 5.89. The Morgan fingerprint density at radius 2 is 2.05 bits per heavy atom. The number of carbonyl (C=O) groups excluding carboxylic acids is 1. The Kier molecular flexibility index (Phi) is 2.47. The number of hydrogen-bond acceptors (Lipinski definition) is 2. The highest BCUT2D eigenvalue weighted by Crippen LogP contribution is 2.51. The van der Waals surface area contributed by atoms with Gasteiger partial charge in [-0.05, 0) is 37.0 Å². The first kappa shape index (κ1) is 11.8. The van der Waals surface area contributed by atoms with E-state index in [4.69, 9.17) is 0 Å². The summed E-state index contributed by atoms with van der Waals surface area (Å²) in [6, 6.07) is 6.94. The lowest BCUT2D eigenvalue weighted by Gasteiger charge is -2.30. The molecular weight excluding hydrogens is 261 g/mol.